The number of benzene rings is 2. The summed E-state index contributed by atoms with van der Waals surface area (Å²) in [6, 6.07) is 13.6. The van der Waals surface area contributed by atoms with Crippen LogP contribution in [0.15, 0.2) is 74.3 Å². The summed E-state index contributed by atoms with van der Waals surface area (Å²) in [5.74, 6) is 0. The number of nitrogens with one attached hydrogen (secondary N) is 1. The quantitative estimate of drug-likeness (QED) is 0.677. The largest absolute Gasteiger partial charge is 0.311 e. The second-order valence-corrected chi connectivity index (χ2v) is 8.55. The maximum Gasteiger partial charge on any atom is 0.261 e. The first-order chi connectivity index (χ1) is 11.4. The van der Waals surface area contributed by atoms with Crippen molar-refractivity contribution in [2.75, 3.05) is 4.72 Å². The minimum Gasteiger partial charge on any atom is -0.311 e. The summed E-state index contributed by atoms with van der Waals surface area (Å²) >= 11 is 4.74. The van der Waals surface area contributed by atoms with Gasteiger partial charge in [0.2, 0.25) is 0 Å². The van der Waals surface area contributed by atoms with Gasteiger partial charge in [0.25, 0.3) is 10.0 Å². The molecule has 0 atom stereocenters. The summed E-state index contributed by atoms with van der Waals surface area (Å²) in [6.07, 6.45) is 1.63. The van der Waals surface area contributed by atoms with E-state index in [-0.39, 0.29) is 4.90 Å². The Morgan fingerprint density at radius 3 is 2.33 bits per heavy atom. The molecule has 1 heterocycles. The highest BCUT2D eigenvalue weighted by Gasteiger charge is 2.14. The van der Waals surface area contributed by atoms with Crippen LogP contribution in [-0.4, -0.2) is 23.2 Å². The van der Waals surface area contributed by atoms with E-state index in [2.05, 4.69) is 30.8 Å². The molecule has 0 radical (unpaired) electrons. The normalized spacial score (nSPS) is 11.4. The Kier molecular flexibility index (Phi) is 4.93. The molecule has 0 aliphatic heterocycles. The molecule has 0 fully saturated rings. The monoisotopic (exact) mass is 424 g/mol. The van der Waals surface area contributed by atoms with Gasteiger partial charge in [0.15, 0.2) is 5.16 Å². The van der Waals surface area contributed by atoms with Gasteiger partial charge in [-0.25, -0.2) is 8.42 Å². The molecule has 0 unspecified atom stereocenters. The van der Waals surface area contributed by atoms with E-state index in [1.807, 2.05) is 23.7 Å². The van der Waals surface area contributed by atoms with Crippen molar-refractivity contribution < 1.29 is 8.42 Å². The number of hydrogen-bond donors (Lipinski definition) is 1. The van der Waals surface area contributed by atoms with Gasteiger partial charge in [-0.2, -0.15) is 0 Å². The van der Waals surface area contributed by atoms with Crippen LogP contribution in [0.4, 0.5) is 5.69 Å². The molecule has 124 valence electrons. The minimum absolute atomic E-state index is 0.211. The predicted molar refractivity (Wildman–Crippen MR) is 96.5 cm³/mol. The van der Waals surface area contributed by atoms with E-state index in [0.717, 1.165) is 14.5 Å². The van der Waals surface area contributed by atoms with E-state index < -0.39 is 10.0 Å². The van der Waals surface area contributed by atoms with Crippen LogP contribution in [0.3, 0.4) is 0 Å². The lowest BCUT2D eigenvalue weighted by Crippen LogP contribution is -2.12. The lowest BCUT2D eigenvalue weighted by molar-refractivity contribution is 0.601. The van der Waals surface area contributed by atoms with Crippen molar-refractivity contribution in [2.45, 2.75) is 14.9 Å². The topological polar surface area (TPSA) is 76.9 Å². The average molecular weight is 425 g/mol. The number of rotatable bonds is 5. The summed E-state index contributed by atoms with van der Waals surface area (Å²) in [7, 11) is -1.74. The molecule has 6 nitrogen and oxygen atoms in total. The first kappa shape index (κ1) is 17.0. The van der Waals surface area contributed by atoms with Gasteiger partial charge in [0, 0.05) is 22.1 Å². The second kappa shape index (κ2) is 6.96. The molecule has 0 bridgehead atoms. The predicted octanol–water partition coefficient (Wildman–Crippen LogP) is 3.53. The van der Waals surface area contributed by atoms with Crippen molar-refractivity contribution in [1.29, 1.82) is 0 Å². The van der Waals surface area contributed by atoms with Crippen molar-refractivity contribution in [3.8, 4) is 0 Å². The van der Waals surface area contributed by atoms with Gasteiger partial charge in [-0.05, 0) is 60.3 Å². The highest BCUT2D eigenvalue weighted by molar-refractivity contribution is 9.10. The molecule has 1 aromatic heterocycles. The molecule has 0 saturated heterocycles. The summed E-state index contributed by atoms with van der Waals surface area (Å²) < 4.78 is 29.9. The Labute approximate surface area is 152 Å². The SMILES string of the molecule is Cn1cnnc1Sc1ccc(NS(=O)(=O)c2ccc(Br)cc2)cc1. The van der Waals surface area contributed by atoms with Crippen molar-refractivity contribution in [3.05, 3.63) is 59.3 Å². The Morgan fingerprint density at radius 2 is 1.75 bits per heavy atom. The van der Waals surface area contributed by atoms with E-state index >= 15 is 0 Å². The van der Waals surface area contributed by atoms with Crippen LogP contribution in [0.1, 0.15) is 0 Å². The molecule has 2 aromatic carbocycles. The average Bonchev–Trinajstić information content (AvgIpc) is 2.94. The van der Waals surface area contributed by atoms with Gasteiger partial charge in [0.05, 0.1) is 4.90 Å². The molecule has 24 heavy (non-hydrogen) atoms. The third-order valence-electron chi connectivity index (χ3n) is 3.11. The molecule has 0 aliphatic rings. The molecular formula is C15H13BrN4O2S2. The fraction of sp³-hybridized carbons (Fsp3) is 0.0667. The molecule has 0 spiro atoms. The number of aryl methyl sites for hydroxylation is 1. The van der Waals surface area contributed by atoms with E-state index in [9.17, 15) is 8.42 Å². The lowest BCUT2D eigenvalue weighted by atomic mass is 10.3. The fourth-order valence-electron chi connectivity index (χ4n) is 1.89. The third-order valence-corrected chi connectivity index (χ3v) is 6.10. The summed E-state index contributed by atoms with van der Waals surface area (Å²) in [4.78, 5) is 1.15. The van der Waals surface area contributed by atoms with E-state index in [0.29, 0.717) is 5.69 Å². The smallest absolute Gasteiger partial charge is 0.261 e. The molecule has 0 saturated carbocycles. The van der Waals surface area contributed by atoms with Crippen molar-refractivity contribution in [1.82, 2.24) is 14.8 Å². The molecule has 0 aliphatic carbocycles. The molecule has 9 heteroatoms. The Hall–Kier alpha value is -1.84. The zero-order valence-electron chi connectivity index (χ0n) is 12.5. The third kappa shape index (κ3) is 3.97. The van der Waals surface area contributed by atoms with E-state index in [4.69, 9.17) is 0 Å². The maximum absolute atomic E-state index is 12.3. The molecule has 0 amide bonds. The van der Waals surface area contributed by atoms with Crippen molar-refractivity contribution in [2.24, 2.45) is 7.05 Å². The highest BCUT2D eigenvalue weighted by atomic mass is 79.9. The molecule has 1 N–H and O–H groups in total. The number of halogens is 1. The van der Waals surface area contributed by atoms with Gasteiger partial charge in [0.1, 0.15) is 6.33 Å². The van der Waals surface area contributed by atoms with Crippen LogP contribution in [0.5, 0.6) is 0 Å². The second-order valence-electron chi connectivity index (χ2n) is 4.91. The zero-order chi connectivity index (χ0) is 17.2. The van der Waals surface area contributed by atoms with E-state index in [1.165, 1.54) is 11.8 Å². The van der Waals surface area contributed by atoms with Crippen LogP contribution >= 0.6 is 27.7 Å². The van der Waals surface area contributed by atoms with Gasteiger partial charge >= 0.3 is 0 Å². The Bertz CT molecular complexity index is 938. The van der Waals surface area contributed by atoms with Gasteiger partial charge in [-0.3, -0.25) is 4.72 Å². The summed E-state index contributed by atoms with van der Waals surface area (Å²) in [6.45, 7) is 0. The summed E-state index contributed by atoms with van der Waals surface area (Å²) in [5.41, 5.74) is 0.500. The molecule has 3 rings (SSSR count). The maximum atomic E-state index is 12.3. The Morgan fingerprint density at radius 1 is 1.08 bits per heavy atom. The highest BCUT2D eigenvalue weighted by Crippen LogP contribution is 2.27. The number of anilines is 1. The van der Waals surface area contributed by atoms with Crippen molar-refractivity contribution >= 4 is 43.4 Å². The number of nitrogens with zero attached hydrogens (tertiary/aromatic N) is 3. The van der Waals surface area contributed by atoms with Gasteiger partial charge in [-0.1, -0.05) is 15.9 Å². The number of sulfonamides is 1. The number of hydrogen-bond acceptors (Lipinski definition) is 5. The summed E-state index contributed by atoms with van der Waals surface area (Å²) in [5, 5.41) is 8.58. The van der Waals surface area contributed by atoms with Crippen LogP contribution < -0.4 is 4.72 Å². The first-order valence-corrected chi connectivity index (χ1v) is 9.94. The van der Waals surface area contributed by atoms with Crippen LogP contribution in [0.25, 0.3) is 0 Å². The Balaban J connectivity index is 1.74. The van der Waals surface area contributed by atoms with Crippen LogP contribution in [0.2, 0.25) is 0 Å². The molecule has 3 aromatic rings. The van der Waals surface area contributed by atoms with Gasteiger partial charge < -0.3 is 4.57 Å². The number of aromatic nitrogens is 3. The molecular weight excluding hydrogens is 412 g/mol. The first-order valence-electron chi connectivity index (χ1n) is 6.84. The van der Waals surface area contributed by atoms with Crippen LogP contribution in [-0.2, 0) is 17.1 Å². The lowest BCUT2D eigenvalue weighted by Gasteiger charge is -2.09. The minimum atomic E-state index is -3.60. The van der Waals surface area contributed by atoms with E-state index in [1.54, 1.807) is 42.7 Å². The van der Waals surface area contributed by atoms with Crippen LogP contribution in [0, 0.1) is 0 Å². The van der Waals surface area contributed by atoms with Gasteiger partial charge in [-0.15, -0.1) is 10.2 Å². The fourth-order valence-corrected chi connectivity index (χ4v) is 3.97. The van der Waals surface area contributed by atoms with Crippen molar-refractivity contribution in [3.63, 3.8) is 0 Å². The zero-order valence-corrected chi connectivity index (χ0v) is 15.8. The standard InChI is InChI=1S/C15H13BrN4O2S2/c1-20-10-17-18-15(20)23-13-6-4-12(5-7-13)19-24(21,22)14-8-2-11(16)3-9-14/h2-10,19H,1H3.